The molecule has 9 nitrogen and oxygen atoms in total. The number of nitrogens with two attached hydrogens (primary N) is 1. The van der Waals surface area contributed by atoms with E-state index in [1.54, 1.807) is 30.4 Å². The molecule has 0 saturated carbocycles. The second-order valence-corrected chi connectivity index (χ2v) is 11.0. The third kappa shape index (κ3) is 6.17. The molecular formula is C34H38N6O3. The second kappa shape index (κ2) is 12.5. The van der Waals surface area contributed by atoms with Crippen molar-refractivity contribution in [1.29, 1.82) is 0 Å². The summed E-state index contributed by atoms with van der Waals surface area (Å²) in [5, 5.41) is 18.9. The number of aliphatic hydroxyl groups is 1. The zero-order valence-corrected chi connectivity index (χ0v) is 25.0. The van der Waals surface area contributed by atoms with Gasteiger partial charge in [-0.15, -0.1) is 0 Å². The van der Waals surface area contributed by atoms with Crippen LogP contribution in [0.2, 0.25) is 0 Å². The molecule has 0 aliphatic heterocycles. The standard InChI is InChI=1S/C34H38N6O3/c1-5-40-31(13-15-37-40)29-11-8-26(35)17-25(29)19-39(4)34(43)32(24-7-10-28(21(2)16-24)22(3)20-41)38-27-9-6-23-12-14-36-33(42)30(23)18-27/h6-18,22,32,38,41H,5,19-20,35H2,1-4H3,(H,36,42)/t22-,32?/m0/s1. The number of hydrogen-bond donors (Lipinski definition) is 4. The van der Waals surface area contributed by atoms with Crippen LogP contribution in [0.15, 0.2) is 83.9 Å². The molecule has 1 unspecified atom stereocenters. The summed E-state index contributed by atoms with van der Waals surface area (Å²) in [6.45, 7) is 7.07. The van der Waals surface area contributed by atoms with Gasteiger partial charge in [0.25, 0.3) is 5.56 Å². The number of benzene rings is 3. The highest BCUT2D eigenvalue weighted by molar-refractivity contribution is 5.89. The number of amides is 1. The number of anilines is 2. The van der Waals surface area contributed by atoms with Gasteiger partial charge in [0.2, 0.25) is 5.91 Å². The summed E-state index contributed by atoms with van der Waals surface area (Å²) in [5.74, 6) is -0.175. The van der Waals surface area contributed by atoms with Crippen LogP contribution in [0.25, 0.3) is 22.0 Å². The molecule has 222 valence electrons. The van der Waals surface area contributed by atoms with Gasteiger partial charge in [0.05, 0.1) is 5.69 Å². The number of carbonyl (C=O) groups excluding carboxylic acids is 1. The van der Waals surface area contributed by atoms with Crippen molar-refractivity contribution in [3.63, 3.8) is 0 Å². The number of pyridine rings is 1. The molecule has 9 heteroatoms. The van der Waals surface area contributed by atoms with Crippen molar-refractivity contribution >= 4 is 28.1 Å². The molecule has 0 spiro atoms. The van der Waals surface area contributed by atoms with E-state index in [-0.39, 0.29) is 24.0 Å². The number of aliphatic hydroxyl groups excluding tert-OH is 1. The Morgan fingerprint density at radius 3 is 2.67 bits per heavy atom. The third-order valence-electron chi connectivity index (χ3n) is 7.97. The Morgan fingerprint density at radius 2 is 1.93 bits per heavy atom. The molecule has 0 aliphatic rings. The van der Waals surface area contributed by atoms with Gasteiger partial charge >= 0.3 is 0 Å². The van der Waals surface area contributed by atoms with Gasteiger partial charge in [-0.2, -0.15) is 5.10 Å². The normalized spacial score (nSPS) is 12.7. The molecule has 5 aromatic rings. The first-order valence-electron chi connectivity index (χ1n) is 14.4. The minimum atomic E-state index is -0.742. The van der Waals surface area contributed by atoms with Crippen LogP contribution < -0.4 is 16.6 Å². The average molecular weight is 579 g/mol. The topological polar surface area (TPSA) is 129 Å². The van der Waals surface area contributed by atoms with Crippen molar-refractivity contribution < 1.29 is 9.90 Å². The Balaban J connectivity index is 1.52. The van der Waals surface area contributed by atoms with E-state index in [4.69, 9.17) is 5.73 Å². The Kier molecular flexibility index (Phi) is 8.63. The third-order valence-corrected chi connectivity index (χ3v) is 7.97. The predicted molar refractivity (Wildman–Crippen MR) is 172 cm³/mol. The second-order valence-electron chi connectivity index (χ2n) is 11.0. The highest BCUT2D eigenvalue weighted by Crippen LogP contribution is 2.30. The predicted octanol–water partition coefficient (Wildman–Crippen LogP) is 5.21. The molecule has 1 amide bonds. The van der Waals surface area contributed by atoms with Gasteiger partial charge in [-0.05, 0) is 77.9 Å². The van der Waals surface area contributed by atoms with Crippen LogP contribution in [0.3, 0.4) is 0 Å². The van der Waals surface area contributed by atoms with Crippen LogP contribution in [-0.4, -0.2) is 44.3 Å². The van der Waals surface area contributed by atoms with Crippen LogP contribution >= 0.6 is 0 Å². The lowest BCUT2D eigenvalue weighted by molar-refractivity contribution is -0.131. The molecule has 2 atom stereocenters. The van der Waals surface area contributed by atoms with Crippen LogP contribution in [-0.2, 0) is 17.9 Å². The molecule has 2 aromatic heterocycles. The molecule has 0 fully saturated rings. The van der Waals surface area contributed by atoms with Crippen molar-refractivity contribution in [1.82, 2.24) is 19.7 Å². The van der Waals surface area contributed by atoms with E-state index in [0.29, 0.717) is 29.9 Å². The van der Waals surface area contributed by atoms with Gasteiger partial charge in [-0.3, -0.25) is 14.3 Å². The maximum atomic E-state index is 14.3. The molecule has 2 heterocycles. The van der Waals surface area contributed by atoms with E-state index in [0.717, 1.165) is 38.9 Å². The molecule has 0 bridgehead atoms. The first kappa shape index (κ1) is 29.6. The zero-order valence-electron chi connectivity index (χ0n) is 25.0. The number of nitrogens with one attached hydrogen (secondary N) is 2. The lowest BCUT2D eigenvalue weighted by atomic mass is 9.93. The number of hydrogen-bond acceptors (Lipinski definition) is 6. The lowest BCUT2D eigenvalue weighted by Crippen LogP contribution is -2.35. The number of carbonyl (C=O) groups is 1. The van der Waals surface area contributed by atoms with E-state index in [9.17, 15) is 14.7 Å². The first-order valence-corrected chi connectivity index (χ1v) is 14.4. The van der Waals surface area contributed by atoms with Gasteiger partial charge in [-0.1, -0.05) is 37.3 Å². The van der Waals surface area contributed by atoms with Crippen molar-refractivity contribution in [2.75, 3.05) is 24.7 Å². The number of aromatic nitrogens is 3. The van der Waals surface area contributed by atoms with E-state index < -0.39 is 6.04 Å². The maximum Gasteiger partial charge on any atom is 0.255 e. The van der Waals surface area contributed by atoms with E-state index >= 15 is 0 Å². The van der Waals surface area contributed by atoms with Crippen molar-refractivity contribution in [2.24, 2.45) is 0 Å². The van der Waals surface area contributed by atoms with E-state index in [1.165, 1.54) is 0 Å². The van der Waals surface area contributed by atoms with Gasteiger partial charge in [0.1, 0.15) is 6.04 Å². The van der Waals surface area contributed by atoms with E-state index in [1.807, 2.05) is 86.1 Å². The maximum absolute atomic E-state index is 14.3. The van der Waals surface area contributed by atoms with Gasteiger partial charge < -0.3 is 26.0 Å². The number of likely N-dealkylation sites (N-methyl/N-ethyl adjacent to an activating group) is 1. The van der Waals surface area contributed by atoms with Crippen LogP contribution in [0.5, 0.6) is 0 Å². The Hall–Kier alpha value is -4.89. The molecule has 5 N–H and O–H groups in total. The summed E-state index contributed by atoms with van der Waals surface area (Å²) in [7, 11) is 1.78. The number of fused-ring (bicyclic) bond motifs is 1. The Labute approximate surface area is 251 Å². The number of nitrogens with zero attached hydrogens (tertiary/aromatic N) is 3. The van der Waals surface area contributed by atoms with E-state index in [2.05, 4.69) is 15.4 Å². The summed E-state index contributed by atoms with van der Waals surface area (Å²) in [4.78, 5) is 31.2. The quantitative estimate of drug-likeness (QED) is 0.168. The Morgan fingerprint density at radius 1 is 1.12 bits per heavy atom. The fourth-order valence-corrected chi connectivity index (χ4v) is 5.62. The summed E-state index contributed by atoms with van der Waals surface area (Å²) in [6, 6.07) is 20.2. The molecular weight excluding hydrogens is 540 g/mol. The number of aromatic amines is 1. The molecule has 0 aliphatic carbocycles. The fourth-order valence-electron chi connectivity index (χ4n) is 5.62. The number of H-pyrrole nitrogens is 1. The van der Waals surface area contributed by atoms with Crippen LogP contribution in [0.1, 0.15) is 48.1 Å². The first-order chi connectivity index (χ1) is 20.7. The number of nitrogen functional groups attached to an aromatic ring is 1. The molecule has 0 saturated heterocycles. The minimum absolute atomic E-state index is 0.0236. The summed E-state index contributed by atoms with van der Waals surface area (Å²) in [6.07, 6.45) is 3.39. The van der Waals surface area contributed by atoms with Crippen molar-refractivity contribution in [3.05, 3.63) is 112 Å². The molecule has 0 radical (unpaired) electrons. The average Bonchev–Trinajstić information content (AvgIpc) is 3.48. The van der Waals surface area contributed by atoms with Crippen LogP contribution in [0.4, 0.5) is 11.4 Å². The smallest absolute Gasteiger partial charge is 0.255 e. The van der Waals surface area contributed by atoms with Gasteiger partial charge in [0, 0.05) is 67.4 Å². The zero-order chi connectivity index (χ0) is 30.7. The summed E-state index contributed by atoms with van der Waals surface area (Å²) < 4.78 is 1.92. The fraction of sp³-hybridized carbons (Fsp3) is 0.265. The number of rotatable bonds is 10. The summed E-state index contributed by atoms with van der Waals surface area (Å²) >= 11 is 0. The molecule has 5 rings (SSSR count). The molecule has 3 aromatic carbocycles. The van der Waals surface area contributed by atoms with Crippen LogP contribution in [0, 0.1) is 6.92 Å². The van der Waals surface area contributed by atoms with Gasteiger partial charge in [0.15, 0.2) is 0 Å². The SMILES string of the molecule is CCn1nccc1-c1ccc(N)cc1CN(C)C(=O)C(Nc1ccc2cc[nH]c(=O)c2c1)c1ccc([C@@H](C)CO)c(C)c1. The largest absolute Gasteiger partial charge is 0.399 e. The van der Waals surface area contributed by atoms with Gasteiger partial charge in [-0.25, -0.2) is 0 Å². The highest BCUT2D eigenvalue weighted by Gasteiger charge is 2.26. The Bertz CT molecular complexity index is 1820. The van der Waals surface area contributed by atoms with Crippen molar-refractivity contribution in [3.8, 4) is 11.3 Å². The monoisotopic (exact) mass is 578 g/mol. The summed E-state index contributed by atoms with van der Waals surface area (Å²) in [5.41, 5.74) is 12.9. The highest BCUT2D eigenvalue weighted by atomic mass is 16.3. The number of aryl methyl sites for hydroxylation is 2. The van der Waals surface area contributed by atoms with Crippen molar-refractivity contribution in [2.45, 2.75) is 45.8 Å². The minimum Gasteiger partial charge on any atom is -0.399 e. The molecule has 43 heavy (non-hydrogen) atoms. The lowest BCUT2D eigenvalue weighted by Gasteiger charge is -2.27.